The quantitative estimate of drug-likeness (QED) is 0.299. The number of carbonyl (C=O) groups excluding carboxylic acids is 2. The normalized spacial score (nSPS) is 16.6. The Morgan fingerprint density at radius 3 is 2.47 bits per heavy atom. The number of anilines is 1. The van der Waals surface area contributed by atoms with Crippen molar-refractivity contribution in [2.75, 3.05) is 11.4 Å². The summed E-state index contributed by atoms with van der Waals surface area (Å²) in [6, 6.07) is 21.9. The monoisotopic (exact) mass is 539 g/mol. The van der Waals surface area contributed by atoms with Crippen molar-refractivity contribution >= 4 is 52.5 Å². The Morgan fingerprint density at radius 1 is 1.08 bits per heavy atom. The number of nitriles is 1. The number of amides is 2. The molecule has 1 heterocycles. The summed E-state index contributed by atoms with van der Waals surface area (Å²) < 4.78 is 13.6. The number of benzene rings is 3. The molecule has 4 rings (SSSR count). The largest absolute Gasteiger partial charge is 0.351 e. The Hall–Kier alpha value is -3.31. The third-order valence-electron chi connectivity index (χ3n) is 5.55. The zero-order chi connectivity index (χ0) is 25.7. The van der Waals surface area contributed by atoms with E-state index in [2.05, 4.69) is 5.32 Å². The van der Waals surface area contributed by atoms with Crippen molar-refractivity contribution in [3.05, 3.63) is 110 Å². The van der Waals surface area contributed by atoms with E-state index in [9.17, 15) is 19.2 Å². The van der Waals surface area contributed by atoms with E-state index in [0.717, 1.165) is 17.3 Å². The van der Waals surface area contributed by atoms with Crippen molar-refractivity contribution < 1.29 is 14.0 Å². The summed E-state index contributed by atoms with van der Waals surface area (Å²) in [4.78, 5) is 27.8. The number of nitrogens with zero attached hydrogens (tertiary/aromatic N) is 2. The van der Waals surface area contributed by atoms with Gasteiger partial charge in [0.05, 0.1) is 5.25 Å². The van der Waals surface area contributed by atoms with Crippen molar-refractivity contribution in [2.45, 2.75) is 18.1 Å². The van der Waals surface area contributed by atoms with Crippen LogP contribution in [0.1, 0.15) is 11.1 Å². The number of thioether (sulfide) groups is 1. The molecule has 2 amide bonds. The summed E-state index contributed by atoms with van der Waals surface area (Å²) >= 11 is 13.4. The van der Waals surface area contributed by atoms with Gasteiger partial charge in [0, 0.05) is 22.3 Å². The molecule has 1 aliphatic rings. The topological polar surface area (TPSA) is 73.2 Å². The Bertz CT molecular complexity index is 1360. The third kappa shape index (κ3) is 5.90. The number of rotatable bonds is 7. The Balaban J connectivity index is 1.63. The van der Waals surface area contributed by atoms with Gasteiger partial charge in [0.25, 0.3) is 5.91 Å². The lowest BCUT2D eigenvalue weighted by atomic mass is 10.1. The van der Waals surface area contributed by atoms with Crippen LogP contribution in [0, 0.1) is 17.1 Å². The van der Waals surface area contributed by atoms with Crippen molar-refractivity contribution in [3.63, 3.8) is 0 Å². The van der Waals surface area contributed by atoms with E-state index < -0.39 is 17.0 Å². The molecular weight excluding hydrogens is 520 g/mol. The van der Waals surface area contributed by atoms with Crippen LogP contribution in [0.2, 0.25) is 10.0 Å². The fraction of sp³-hybridized carbons (Fsp3) is 0.148. The van der Waals surface area contributed by atoms with Crippen LogP contribution in [-0.4, -0.2) is 23.6 Å². The second-order valence-corrected chi connectivity index (χ2v) is 10.0. The first-order valence-electron chi connectivity index (χ1n) is 11.0. The lowest BCUT2D eigenvalue weighted by Crippen LogP contribution is -2.32. The zero-order valence-corrected chi connectivity index (χ0v) is 21.2. The maximum atomic E-state index is 13.6. The van der Waals surface area contributed by atoms with Crippen molar-refractivity contribution in [1.82, 2.24) is 5.32 Å². The molecule has 1 aliphatic heterocycles. The van der Waals surface area contributed by atoms with E-state index in [-0.39, 0.29) is 22.9 Å². The minimum absolute atomic E-state index is 0.185. The third-order valence-corrected chi connectivity index (χ3v) is 7.40. The molecule has 0 aliphatic carbocycles. The van der Waals surface area contributed by atoms with Crippen LogP contribution in [0.5, 0.6) is 0 Å². The molecule has 0 saturated carbocycles. The zero-order valence-electron chi connectivity index (χ0n) is 18.9. The van der Waals surface area contributed by atoms with Gasteiger partial charge < -0.3 is 5.32 Å². The van der Waals surface area contributed by atoms with Crippen molar-refractivity contribution in [2.24, 2.45) is 0 Å². The summed E-state index contributed by atoms with van der Waals surface area (Å²) in [5.41, 5.74) is 1.93. The van der Waals surface area contributed by atoms with E-state index in [0.29, 0.717) is 34.3 Å². The first kappa shape index (κ1) is 25.8. The van der Waals surface area contributed by atoms with Crippen LogP contribution in [0.15, 0.2) is 83.4 Å². The van der Waals surface area contributed by atoms with Crippen LogP contribution in [-0.2, 0) is 22.4 Å². The van der Waals surface area contributed by atoms with Crippen LogP contribution < -0.4 is 10.2 Å². The average Bonchev–Trinajstić information content (AvgIpc) is 3.18. The van der Waals surface area contributed by atoms with E-state index >= 15 is 0 Å². The average molecular weight is 540 g/mol. The van der Waals surface area contributed by atoms with Gasteiger partial charge in [-0.2, -0.15) is 5.26 Å². The smallest absolute Gasteiger partial charge is 0.264 e. The second kappa shape index (κ2) is 11.6. The summed E-state index contributed by atoms with van der Waals surface area (Å²) in [5.74, 6) is -1.38. The van der Waals surface area contributed by atoms with Crippen LogP contribution in [0.3, 0.4) is 0 Å². The van der Waals surface area contributed by atoms with Gasteiger partial charge in [-0.1, -0.05) is 71.4 Å². The first-order chi connectivity index (χ1) is 17.4. The number of hydrogen-bond acceptors (Lipinski definition) is 4. The van der Waals surface area contributed by atoms with Crippen LogP contribution in [0.4, 0.5) is 10.1 Å². The number of nitrogens with one attached hydrogen (secondary N) is 1. The van der Waals surface area contributed by atoms with Gasteiger partial charge in [0.2, 0.25) is 5.91 Å². The first-order valence-corrected chi connectivity index (χ1v) is 12.7. The van der Waals surface area contributed by atoms with Gasteiger partial charge in [-0.05, 0) is 60.4 Å². The van der Waals surface area contributed by atoms with Gasteiger partial charge in [-0.3, -0.25) is 14.5 Å². The number of hydrogen-bond donors (Lipinski definition) is 1. The van der Waals surface area contributed by atoms with Gasteiger partial charge >= 0.3 is 0 Å². The molecule has 0 aromatic heterocycles. The van der Waals surface area contributed by atoms with E-state index in [1.165, 1.54) is 29.2 Å². The van der Waals surface area contributed by atoms with E-state index in [1.807, 2.05) is 36.4 Å². The molecule has 1 atom stereocenters. The molecular formula is C27H20Cl2FN3O2S. The van der Waals surface area contributed by atoms with Gasteiger partial charge in [0.1, 0.15) is 22.5 Å². The summed E-state index contributed by atoms with van der Waals surface area (Å²) in [6.45, 7) is 0.320. The predicted molar refractivity (Wildman–Crippen MR) is 141 cm³/mol. The fourth-order valence-electron chi connectivity index (χ4n) is 3.75. The highest BCUT2D eigenvalue weighted by Crippen LogP contribution is 2.42. The lowest BCUT2D eigenvalue weighted by molar-refractivity contribution is -0.117. The molecule has 0 bridgehead atoms. The molecule has 1 fully saturated rings. The predicted octanol–water partition coefficient (Wildman–Crippen LogP) is 5.92. The highest BCUT2D eigenvalue weighted by Gasteiger charge is 2.41. The molecule has 182 valence electrons. The molecule has 1 unspecified atom stereocenters. The van der Waals surface area contributed by atoms with E-state index in [1.54, 1.807) is 18.2 Å². The number of halogens is 3. The molecule has 1 N–H and O–H groups in total. The second-order valence-electron chi connectivity index (χ2n) is 7.98. The Kier molecular flexibility index (Phi) is 8.32. The van der Waals surface area contributed by atoms with Crippen LogP contribution in [0.25, 0.3) is 0 Å². The lowest BCUT2D eigenvalue weighted by Gasteiger charge is -2.18. The highest BCUT2D eigenvalue weighted by atomic mass is 35.5. The maximum absolute atomic E-state index is 13.6. The molecule has 3 aromatic rings. The minimum Gasteiger partial charge on any atom is -0.351 e. The summed E-state index contributed by atoms with van der Waals surface area (Å²) in [6.07, 6.45) is 0.848. The molecule has 1 saturated heterocycles. The molecule has 5 nitrogen and oxygen atoms in total. The van der Waals surface area contributed by atoms with Gasteiger partial charge in [-0.15, -0.1) is 0 Å². The van der Waals surface area contributed by atoms with Gasteiger partial charge in [-0.25, -0.2) is 4.39 Å². The number of carbonyl (C=O) groups is 2. The molecule has 36 heavy (non-hydrogen) atoms. The standard InChI is InChI=1S/C27H20Cl2FN3O2S/c28-19-7-6-18(23(29)15-19)14-24-26(35)33(21-10-8-20(30)9-11-21)27(36-24)22(16-31)25(34)32-13-12-17-4-2-1-3-5-17/h1-11,15,24H,12-14H2,(H,32,34). The highest BCUT2D eigenvalue weighted by molar-refractivity contribution is 8.05. The van der Waals surface area contributed by atoms with Crippen LogP contribution >= 0.6 is 35.0 Å². The minimum atomic E-state index is -0.649. The SMILES string of the molecule is N#CC(C(=O)NCCc1ccccc1)=C1SC(Cc2ccc(Cl)cc2Cl)C(=O)N1c1ccc(F)cc1. The van der Waals surface area contributed by atoms with E-state index in [4.69, 9.17) is 23.2 Å². The maximum Gasteiger partial charge on any atom is 0.264 e. The molecule has 0 radical (unpaired) electrons. The van der Waals surface area contributed by atoms with Crippen molar-refractivity contribution in [3.8, 4) is 6.07 Å². The van der Waals surface area contributed by atoms with Gasteiger partial charge in [0.15, 0.2) is 0 Å². The van der Waals surface area contributed by atoms with Crippen molar-refractivity contribution in [1.29, 1.82) is 5.26 Å². The summed E-state index contributed by atoms with van der Waals surface area (Å²) in [7, 11) is 0. The summed E-state index contributed by atoms with van der Waals surface area (Å²) in [5, 5.41) is 13.1. The Morgan fingerprint density at radius 2 is 1.81 bits per heavy atom. The molecule has 0 spiro atoms. The fourth-order valence-corrected chi connectivity index (χ4v) is 5.53. The molecule has 3 aromatic carbocycles. The molecule has 9 heteroatoms. The Labute approximate surface area is 222 Å².